The highest BCUT2D eigenvalue weighted by Gasteiger charge is 2.48. The first-order valence-electron chi connectivity index (χ1n) is 10.7. The molecule has 0 radical (unpaired) electrons. The average molecular weight is 615 g/mol. The van der Waals surface area contributed by atoms with Crippen LogP contribution in [0.25, 0.3) is 0 Å². The van der Waals surface area contributed by atoms with Gasteiger partial charge in [0.1, 0.15) is 29.1 Å². The van der Waals surface area contributed by atoms with Crippen molar-refractivity contribution in [1.29, 1.82) is 0 Å². The molecule has 0 aromatic heterocycles. The monoisotopic (exact) mass is 615 g/mol. The maximum absolute atomic E-state index is 13.9. The Hall–Kier alpha value is -3.06. The van der Waals surface area contributed by atoms with Gasteiger partial charge in [-0.1, -0.05) is 0 Å². The maximum atomic E-state index is 13.9. The summed E-state index contributed by atoms with van der Waals surface area (Å²) in [7, 11) is 0. The number of hydrogen-bond acceptors (Lipinski definition) is 3. The molecule has 3 aromatic carbocycles. The van der Waals surface area contributed by atoms with Gasteiger partial charge < -0.3 is 16.0 Å². The number of rotatable bonds is 6. The summed E-state index contributed by atoms with van der Waals surface area (Å²) >= 11 is 1.95. The second-order valence-electron chi connectivity index (χ2n) is 8.59. The van der Waals surface area contributed by atoms with Crippen LogP contribution in [0.5, 0.6) is 0 Å². The molecule has 0 bridgehead atoms. The number of nitrogens with one attached hydrogen (secondary N) is 1. The molecule has 4 rings (SSSR count). The number of nitrogens with zero attached hydrogens (tertiary/aromatic N) is 1. The highest BCUT2D eigenvalue weighted by atomic mass is 127. The quantitative estimate of drug-likeness (QED) is 0.313. The molecule has 188 valence electrons. The van der Waals surface area contributed by atoms with Crippen LogP contribution in [0.1, 0.15) is 34.0 Å². The van der Waals surface area contributed by atoms with E-state index in [0.717, 1.165) is 12.1 Å². The van der Waals surface area contributed by atoms with Gasteiger partial charge in [-0.2, -0.15) is 0 Å². The normalized spacial score (nSPS) is 16.9. The fourth-order valence-electron chi connectivity index (χ4n) is 4.24. The van der Waals surface area contributed by atoms with Crippen molar-refractivity contribution in [3.8, 4) is 0 Å². The lowest BCUT2D eigenvalue weighted by Crippen LogP contribution is -2.43. The third-order valence-electron chi connectivity index (χ3n) is 6.09. The van der Waals surface area contributed by atoms with E-state index in [0.29, 0.717) is 33.0 Å². The number of hydrogen-bond donors (Lipinski definition) is 2. The maximum Gasteiger partial charge on any atom is 0.251 e. The smallest absolute Gasteiger partial charge is 0.251 e. The van der Waals surface area contributed by atoms with Crippen molar-refractivity contribution in [3.63, 3.8) is 0 Å². The Kier molecular flexibility index (Phi) is 7.06. The molecule has 36 heavy (non-hydrogen) atoms. The molecule has 2 amide bonds. The topological polar surface area (TPSA) is 75.4 Å². The van der Waals surface area contributed by atoms with E-state index in [1.807, 2.05) is 22.6 Å². The Morgan fingerprint density at radius 2 is 1.56 bits per heavy atom. The number of fused-ring (bicyclic) bond motifs is 1. The largest absolute Gasteiger partial charge is 0.348 e. The van der Waals surface area contributed by atoms with Gasteiger partial charge >= 0.3 is 0 Å². The molecule has 1 aliphatic rings. The van der Waals surface area contributed by atoms with Gasteiger partial charge in [-0.3, -0.25) is 9.59 Å². The number of carbonyl (C=O) groups is 2. The molecule has 0 saturated heterocycles. The fourth-order valence-corrected chi connectivity index (χ4v) is 5.45. The lowest BCUT2D eigenvalue weighted by molar-refractivity contribution is -0.122. The Morgan fingerprint density at radius 1 is 0.972 bits per heavy atom. The highest BCUT2D eigenvalue weighted by Crippen LogP contribution is 2.45. The van der Waals surface area contributed by atoms with Crippen LogP contribution in [-0.2, 0) is 23.3 Å². The zero-order chi connectivity index (χ0) is 26.4. The van der Waals surface area contributed by atoms with Gasteiger partial charge in [0.25, 0.3) is 5.91 Å². The second kappa shape index (κ2) is 9.77. The minimum absolute atomic E-state index is 0.0580. The van der Waals surface area contributed by atoms with Crippen LogP contribution in [0.2, 0.25) is 0 Å². The van der Waals surface area contributed by atoms with Gasteiger partial charge in [0.05, 0.1) is 17.6 Å². The summed E-state index contributed by atoms with van der Waals surface area (Å²) in [5.41, 5.74) is 5.44. The van der Waals surface area contributed by atoms with E-state index in [1.165, 1.54) is 17.0 Å². The zero-order valence-corrected chi connectivity index (χ0v) is 20.9. The van der Waals surface area contributed by atoms with Crippen molar-refractivity contribution in [3.05, 3.63) is 97.4 Å². The minimum Gasteiger partial charge on any atom is -0.348 e. The van der Waals surface area contributed by atoms with Crippen molar-refractivity contribution >= 4 is 40.1 Å². The summed E-state index contributed by atoms with van der Waals surface area (Å²) in [5, 5.41) is 2.39. The molecule has 1 aliphatic heterocycles. The first kappa shape index (κ1) is 26.0. The van der Waals surface area contributed by atoms with Crippen molar-refractivity contribution in [2.24, 2.45) is 5.73 Å². The third-order valence-corrected chi connectivity index (χ3v) is 6.94. The molecule has 11 heteroatoms. The standard InChI is InChI=1S/C25H19F5IN3O2/c1-25(11-32)22-20(31)4-13(23(35)33-9-17-18(29)7-16(28)8-19(17)30)5-21(22)34(24(25)36)10-12-2-14(26)6-15(27)3-12/h2-8H,9-11,32H2,1H3,(H,33,35). The number of halogens is 6. The molecule has 0 spiro atoms. The molecule has 0 saturated carbocycles. The Labute approximate surface area is 216 Å². The lowest BCUT2D eigenvalue weighted by atomic mass is 9.83. The third kappa shape index (κ3) is 4.69. The Balaban J connectivity index is 1.69. The number of carbonyl (C=O) groups excluding carboxylic acids is 2. The fraction of sp³-hybridized carbons (Fsp3) is 0.200. The molecule has 1 atom stereocenters. The van der Waals surface area contributed by atoms with E-state index in [-0.39, 0.29) is 24.2 Å². The summed E-state index contributed by atoms with van der Waals surface area (Å²) < 4.78 is 69.1. The average Bonchev–Trinajstić information content (AvgIpc) is 3.00. The Bertz CT molecular complexity index is 1360. The second-order valence-corrected chi connectivity index (χ2v) is 9.75. The summed E-state index contributed by atoms with van der Waals surface area (Å²) in [4.78, 5) is 27.5. The number of amides is 2. The highest BCUT2D eigenvalue weighted by molar-refractivity contribution is 14.1. The van der Waals surface area contributed by atoms with Crippen LogP contribution < -0.4 is 16.0 Å². The van der Waals surface area contributed by atoms with E-state index >= 15 is 0 Å². The van der Waals surface area contributed by atoms with E-state index in [1.54, 1.807) is 6.92 Å². The van der Waals surface area contributed by atoms with E-state index in [2.05, 4.69) is 5.32 Å². The minimum atomic E-state index is -1.15. The molecule has 0 aliphatic carbocycles. The van der Waals surface area contributed by atoms with Crippen LogP contribution in [0, 0.1) is 32.7 Å². The van der Waals surface area contributed by atoms with Crippen molar-refractivity contribution in [1.82, 2.24) is 5.32 Å². The summed E-state index contributed by atoms with van der Waals surface area (Å²) in [6.45, 7) is 0.860. The molecular formula is C25H19F5IN3O2. The molecule has 3 aromatic rings. The van der Waals surface area contributed by atoms with Gasteiger partial charge in [0.2, 0.25) is 5.91 Å². The van der Waals surface area contributed by atoms with Crippen LogP contribution in [0.4, 0.5) is 27.6 Å². The summed E-state index contributed by atoms with van der Waals surface area (Å²) in [6.07, 6.45) is 0. The molecular weight excluding hydrogens is 596 g/mol. The number of nitrogens with two attached hydrogens (primary N) is 1. The molecule has 1 unspecified atom stereocenters. The van der Waals surface area contributed by atoms with Gasteiger partial charge in [-0.15, -0.1) is 0 Å². The van der Waals surface area contributed by atoms with E-state index < -0.39 is 58.4 Å². The van der Waals surface area contributed by atoms with Crippen LogP contribution in [0.15, 0.2) is 42.5 Å². The molecule has 3 N–H and O–H groups in total. The summed E-state index contributed by atoms with van der Waals surface area (Å²) in [6, 6.07) is 6.84. The predicted octanol–water partition coefficient (Wildman–Crippen LogP) is 4.68. The predicted molar refractivity (Wildman–Crippen MR) is 131 cm³/mol. The van der Waals surface area contributed by atoms with Crippen LogP contribution >= 0.6 is 22.6 Å². The first-order valence-corrected chi connectivity index (χ1v) is 11.7. The molecule has 1 heterocycles. The van der Waals surface area contributed by atoms with Crippen LogP contribution in [0.3, 0.4) is 0 Å². The SMILES string of the molecule is CC1(CN)C(=O)N(Cc2cc(F)cc(F)c2)c2cc(C(=O)NCc3c(F)cc(F)cc3F)cc(I)c21. The van der Waals surface area contributed by atoms with Gasteiger partial charge in [0, 0.05) is 51.5 Å². The van der Waals surface area contributed by atoms with Gasteiger partial charge in [-0.25, -0.2) is 22.0 Å². The number of benzene rings is 3. The zero-order valence-electron chi connectivity index (χ0n) is 18.8. The summed E-state index contributed by atoms with van der Waals surface area (Å²) in [5.74, 6) is -6.09. The van der Waals surface area contributed by atoms with Gasteiger partial charge in [0.15, 0.2) is 0 Å². The lowest BCUT2D eigenvalue weighted by Gasteiger charge is -2.23. The van der Waals surface area contributed by atoms with Crippen molar-refractivity contribution < 1.29 is 31.5 Å². The van der Waals surface area contributed by atoms with Gasteiger partial charge in [-0.05, 0) is 59.3 Å². The first-order chi connectivity index (χ1) is 16.9. The molecule has 5 nitrogen and oxygen atoms in total. The molecule has 0 fully saturated rings. The van der Waals surface area contributed by atoms with E-state index in [4.69, 9.17) is 5.73 Å². The Morgan fingerprint density at radius 3 is 2.14 bits per heavy atom. The van der Waals surface area contributed by atoms with E-state index in [9.17, 15) is 31.5 Å². The van der Waals surface area contributed by atoms with Crippen LogP contribution in [-0.4, -0.2) is 18.4 Å². The van der Waals surface area contributed by atoms with Crippen molar-refractivity contribution in [2.75, 3.05) is 11.4 Å². The number of anilines is 1. The van der Waals surface area contributed by atoms with Crippen molar-refractivity contribution in [2.45, 2.75) is 25.4 Å².